The van der Waals surface area contributed by atoms with Crippen LogP contribution in [0.4, 0.5) is 13.2 Å². The highest BCUT2D eigenvalue weighted by Crippen LogP contribution is 2.30. The van der Waals surface area contributed by atoms with Crippen LogP contribution in [0.3, 0.4) is 0 Å². The molecule has 0 aliphatic carbocycles. The standard InChI is InChI=1S/C6H6F3NO2S2/c1-3(6(7,8)9)14-10-4(13)5(11)12-2/h1H2,2H3,(H,10,13). The Labute approximate surface area is 87.8 Å². The molecule has 1 N–H and O–H groups in total. The SMILES string of the molecule is C=C(SNC(=S)C(=O)OC)C(F)(F)F. The first-order valence-electron chi connectivity index (χ1n) is 3.10. The molecule has 0 aliphatic rings. The lowest BCUT2D eigenvalue weighted by atomic mass is 10.6. The number of carbonyl (C=O) groups excluding carboxylic acids is 1. The van der Waals surface area contributed by atoms with E-state index in [1.807, 2.05) is 4.72 Å². The van der Waals surface area contributed by atoms with Gasteiger partial charge in [0.15, 0.2) is 4.99 Å². The van der Waals surface area contributed by atoms with Gasteiger partial charge in [-0.1, -0.05) is 18.8 Å². The molecule has 0 atom stereocenters. The summed E-state index contributed by atoms with van der Waals surface area (Å²) in [4.78, 5) is 9.09. The van der Waals surface area contributed by atoms with E-state index in [9.17, 15) is 18.0 Å². The van der Waals surface area contributed by atoms with Gasteiger partial charge in [-0.05, 0) is 11.9 Å². The first-order valence-corrected chi connectivity index (χ1v) is 4.32. The number of hydrogen-bond acceptors (Lipinski definition) is 4. The lowest BCUT2D eigenvalue weighted by Gasteiger charge is -2.09. The van der Waals surface area contributed by atoms with E-state index in [-0.39, 0.29) is 11.9 Å². The maximum absolute atomic E-state index is 11.9. The Morgan fingerprint density at radius 1 is 1.57 bits per heavy atom. The summed E-state index contributed by atoms with van der Waals surface area (Å²) >= 11 is 4.53. The minimum absolute atomic E-state index is 0.124. The van der Waals surface area contributed by atoms with Gasteiger partial charge < -0.3 is 9.46 Å². The normalized spacial score (nSPS) is 10.6. The number of hydrogen-bond donors (Lipinski definition) is 1. The summed E-state index contributed by atoms with van der Waals surface area (Å²) in [5.74, 6) is -0.900. The molecule has 3 nitrogen and oxygen atoms in total. The van der Waals surface area contributed by atoms with E-state index in [0.717, 1.165) is 7.11 Å². The Bertz CT molecular complexity index is 264. The molecule has 0 aromatic rings. The summed E-state index contributed by atoms with van der Waals surface area (Å²) in [5.41, 5.74) is 0. The van der Waals surface area contributed by atoms with Gasteiger partial charge in [-0.3, -0.25) is 0 Å². The van der Waals surface area contributed by atoms with Crippen molar-refractivity contribution in [3.63, 3.8) is 0 Å². The van der Waals surface area contributed by atoms with Crippen molar-refractivity contribution < 1.29 is 22.7 Å². The fourth-order valence-electron chi connectivity index (χ4n) is 0.300. The van der Waals surface area contributed by atoms with Crippen LogP contribution >= 0.6 is 24.2 Å². The third-order valence-corrected chi connectivity index (χ3v) is 2.14. The summed E-state index contributed by atoms with van der Waals surface area (Å²) < 4.78 is 41.7. The molecule has 0 aliphatic heterocycles. The van der Waals surface area contributed by atoms with E-state index in [0.29, 0.717) is 0 Å². The third kappa shape index (κ3) is 4.47. The van der Waals surface area contributed by atoms with Crippen LogP contribution in [0.1, 0.15) is 0 Å². The zero-order valence-corrected chi connectivity index (χ0v) is 8.61. The van der Waals surface area contributed by atoms with Gasteiger partial charge >= 0.3 is 12.1 Å². The Morgan fingerprint density at radius 3 is 2.43 bits per heavy atom. The zero-order chi connectivity index (χ0) is 11.4. The van der Waals surface area contributed by atoms with Gasteiger partial charge in [-0.25, -0.2) is 4.79 Å². The Morgan fingerprint density at radius 2 is 2.07 bits per heavy atom. The van der Waals surface area contributed by atoms with Crippen LogP contribution in [0.2, 0.25) is 0 Å². The minimum atomic E-state index is -4.52. The van der Waals surface area contributed by atoms with E-state index in [1.165, 1.54) is 0 Å². The van der Waals surface area contributed by atoms with Crippen molar-refractivity contribution in [2.75, 3.05) is 7.11 Å². The molecule has 0 bridgehead atoms. The number of rotatable bonds is 2. The average molecular weight is 245 g/mol. The van der Waals surface area contributed by atoms with Crippen molar-refractivity contribution >= 4 is 35.1 Å². The molecule has 8 heteroatoms. The molecule has 0 saturated carbocycles. The lowest BCUT2D eigenvalue weighted by molar-refractivity contribution is -0.132. The fourth-order valence-corrected chi connectivity index (χ4v) is 0.923. The van der Waals surface area contributed by atoms with Gasteiger partial charge in [0.25, 0.3) is 0 Å². The second-order valence-electron chi connectivity index (χ2n) is 1.95. The van der Waals surface area contributed by atoms with E-state index < -0.39 is 22.0 Å². The lowest BCUT2D eigenvalue weighted by Crippen LogP contribution is -2.26. The number of thiocarbonyl (C=S) groups is 1. The number of alkyl halides is 3. The molecule has 0 aromatic carbocycles. The summed E-state index contributed by atoms with van der Waals surface area (Å²) in [6.07, 6.45) is -4.52. The number of methoxy groups -OCH3 is 1. The summed E-state index contributed by atoms with van der Waals surface area (Å²) in [6.45, 7) is 2.75. The van der Waals surface area contributed by atoms with Crippen molar-refractivity contribution in [1.29, 1.82) is 0 Å². The van der Waals surface area contributed by atoms with Gasteiger partial charge in [0.05, 0.1) is 7.11 Å². The molecule has 80 valence electrons. The Kier molecular flexibility index (Phi) is 4.92. The Balaban J connectivity index is 4.03. The van der Waals surface area contributed by atoms with Gasteiger partial charge in [-0.15, -0.1) is 0 Å². The molecule has 0 aromatic heterocycles. The first-order chi connectivity index (χ1) is 6.29. The highest BCUT2D eigenvalue weighted by Gasteiger charge is 2.33. The Hall–Kier alpha value is -0.760. The largest absolute Gasteiger partial charge is 0.464 e. The minimum Gasteiger partial charge on any atom is -0.464 e. The van der Waals surface area contributed by atoms with Crippen molar-refractivity contribution in [3.05, 3.63) is 11.5 Å². The predicted octanol–water partition coefficient (Wildman–Crippen LogP) is 1.80. The molecule has 14 heavy (non-hydrogen) atoms. The average Bonchev–Trinajstić information content (AvgIpc) is 2.10. The van der Waals surface area contributed by atoms with Crippen LogP contribution < -0.4 is 4.72 Å². The molecule has 0 amide bonds. The van der Waals surface area contributed by atoms with Crippen LogP contribution in [0.25, 0.3) is 0 Å². The van der Waals surface area contributed by atoms with Crippen LogP contribution in [-0.4, -0.2) is 24.2 Å². The van der Waals surface area contributed by atoms with Crippen LogP contribution in [0, 0.1) is 0 Å². The molecule has 0 rings (SSSR count). The number of carbonyl (C=O) groups is 1. The number of esters is 1. The molecule has 0 unspecified atom stereocenters. The topological polar surface area (TPSA) is 38.3 Å². The van der Waals surface area contributed by atoms with Crippen molar-refractivity contribution in [2.45, 2.75) is 6.18 Å². The van der Waals surface area contributed by atoms with Crippen LogP contribution in [0.15, 0.2) is 11.5 Å². The maximum Gasteiger partial charge on any atom is 0.423 e. The van der Waals surface area contributed by atoms with E-state index in [4.69, 9.17) is 0 Å². The van der Waals surface area contributed by atoms with Gasteiger partial charge in [0, 0.05) is 0 Å². The quantitative estimate of drug-likeness (QED) is 0.456. The molecule has 0 fully saturated rings. The zero-order valence-electron chi connectivity index (χ0n) is 6.97. The number of allylic oxidation sites excluding steroid dienone is 1. The second kappa shape index (κ2) is 5.20. The molecule has 0 saturated heterocycles. The highest BCUT2D eigenvalue weighted by atomic mass is 32.2. The van der Waals surface area contributed by atoms with E-state index in [1.54, 1.807) is 0 Å². The first kappa shape index (κ1) is 13.2. The number of ether oxygens (including phenoxy) is 1. The highest BCUT2D eigenvalue weighted by molar-refractivity contribution is 8.02. The smallest absolute Gasteiger partial charge is 0.423 e. The van der Waals surface area contributed by atoms with Crippen molar-refractivity contribution in [2.24, 2.45) is 0 Å². The van der Waals surface area contributed by atoms with Gasteiger partial charge in [0.2, 0.25) is 0 Å². The molecule has 0 spiro atoms. The van der Waals surface area contributed by atoms with Crippen LogP contribution in [0.5, 0.6) is 0 Å². The monoisotopic (exact) mass is 245 g/mol. The van der Waals surface area contributed by atoms with Gasteiger partial charge in [-0.2, -0.15) is 13.2 Å². The molecular formula is C6H6F3NO2S2. The molecule has 0 radical (unpaired) electrons. The fraction of sp³-hybridized carbons (Fsp3) is 0.333. The van der Waals surface area contributed by atoms with Crippen molar-refractivity contribution in [3.8, 4) is 0 Å². The number of halogens is 3. The third-order valence-electron chi connectivity index (χ3n) is 0.954. The number of nitrogens with one attached hydrogen (secondary N) is 1. The van der Waals surface area contributed by atoms with Crippen molar-refractivity contribution in [1.82, 2.24) is 4.72 Å². The van der Waals surface area contributed by atoms with Gasteiger partial charge in [0.1, 0.15) is 4.91 Å². The second-order valence-corrected chi connectivity index (χ2v) is 3.26. The molecular weight excluding hydrogens is 239 g/mol. The van der Waals surface area contributed by atoms with E-state index >= 15 is 0 Å². The molecule has 0 heterocycles. The predicted molar refractivity (Wildman–Crippen MR) is 50.5 cm³/mol. The van der Waals surface area contributed by atoms with E-state index in [2.05, 4.69) is 23.5 Å². The summed E-state index contributed by atoms with van der Waals surface area (Å²) in [6, 6.07) is 0. The summed E-state index contributed by atoms with van der Waals surface area (Å²) in [7, 11) is 1.07. The van der Waals surface area contributed by atoms with Crippen LogP contribution in [-0.2, 0) is 9.53 Å². The maximum atomic E-state index is 11.9. The summed E-state index contributed by atoms with van der Waals surface area (Å²) in [5, 5.41) is 0.